The number of nitro benzene ring substituents is 1. The number of aryl methyl sites for hydroxylation is 1. The summed E-state index contributed by atoms with van der Waals surface area (Å²) in [6.07, 6.45) is -4.67. The monoisotopic (exact) mass is 554 g/mol. The van der Waals surface area contributed by atoms with E-state index in [1.807, 2.05) is 0 Å². The quantitative estimate of drug-likeness (QED) is 0.251. The lowest BCUT2D eigenvalue weighted by molar-refractivity contribution is -0.384. The van der Waals surface area contributed by atoms with Crippen LogP contribution in [0.5, 0.6) is 11.5 Å². The van der Waals surface area contributed by atoms with Crippen molar-refractivity contribution < 1.29 is 31.2 Å². The average molecular weight is 556 g/mol. The largest absolute Gasteiger partial charge is 0.453 e. The summed E-state index contributed by atoms with van der Waals surface area (Å²) in [5.74, 6) is -0.224. The Kier molecular flexibility index (Phi) is 7.23. The van der Waals surface area contributed by atoms with Gasteiger partial charge in [-0.25, -0.2) is 8.42 Å². The van der Waals surface area contributed by atoms with Gasteiger partial charge in [0.15, 0.2) is 5.75 Å². The van der Waals surface area contributed by atoms with Crippen molar-refractivity contribution >= 4 is 56.2 Å². The molecule has 0 heterocycles. The highest BCUT2D eigenvalue weighted by atomic mass is 35.5. The van der Waals surface area contributed by atoms with E-state index in [2.05, 4.69) is 4.72 Å². The van der Waals surface area contributed by atoms with Gasteiger partial charge in [-0.2, -0.15) is 13.2 Å². The molecule has 0 spiro atoms. The van der Waals surface area contributed by atoms with E-state index >= 15 is 0 Å². The molecule has 3 aromatic rings. The van der Waals surface area contributed by atoms with Gasteiger partial charge in [0, 0.05) is 12.1 Å². The molecular weight excluding hydrogens is 544 g/mol. The van der Waals surface area contributed by atoms with E-state index < -0.39 is 31.6 Å². The smallest absolute Gasteiger partial charge is 0.416 e. The maximum Gasteiger partial charge on any atom is 0.416 e. The van der Waals surface area contributed by atoms with Crippen LogP contribution in [0.2, 0.25) is 15.1 Å². The summed E-state index contributed by atoms with van der Waals surface area (Å²) in [6.45, 7) is 1.43. The Balaban J connectivity index is 1.93. The number of ether oxygens (including phenoxy) is 1. The third-order valence-electron chi connectivity index (χ3n) is 4.43. The Labute approximate surface area is 206 Å². The predicted octanol–water partition coefficient (Wildman–Crippen LogP) is 7.48. The zero-order valence-corrected chi connectivity index (χ0v) is 19.9. The number of halogens is 6. The van der Waals surface area contributed by atoms with E-state index in [1.54, 1.807) is 0 Å². The molecule has 0 aliphatic rings. The lowest BCUT2D eigenvalue weighted by Crippen LogP contribution is -2.15. The highest BCUT2D eigenvalue weighted by Crippen LogP contribution is 2.41. The molecule has 0 saturated heterocycles. The predicted molar refractivity (Wildman–Crippen MR) is 122 cm³/mol. The summed E-state index contributed by atoms with van der Waals surface area (Å²) >= 11 is 18.3. The van der Waals surface area contributed by atoms with Crippen LogP contribution in [0.15, 0.2) is 53.4 Å². The van der Waals surface area contributed by atoms with Gasteiger partial charge < -0.3 is 4.74 Å². The molecule has 180 valence electrons. The topological polar surface area (TPSA) is 98.5 Å². The normalized spacial score (nSPS) is 11.9. The van der Waals surface area contributed by atoms with Crippen LogP contribution in [0, 0.1) is 17.0 Å². The van der Waals surface area contributed by atoms with Crippen LogP contribution in [0.4, 0.5) is 24.5 Å². The van der Waals surface area contributed by atoms with Crippen LogP contribution in [0.1, 0.15) is 11.1 Å². The van der Waals surface area contributed by atoms with Gasteiger partial charge in [0.05, 0.1) is 36.1 Å². The lowest BCUT2D eigenvalue weighted by Gasteiger charge is -2.15. The molecule has 14 heteroatoms. The number of sulfonamides is 1. The van der Waals surface area contributed by atoms with Gasteiger partial charge in [0.2, 0.25) is 0 Å². The van der Waals surface area contributed by atoms with E-state index in [4.69, 9.17) is 39.5 Å². The summed E-state index contributed by atoms with van der Waals surface area (Å²) in [7, 11) is -4.40. The highest BCUT2D eigenvalue weighted by molar-refractivity contribution is 7.92. The van der Waals surface area contributed by atoms with E-state index in [1.165, 1.54) is 13.0 Å². The number of hydrogen-bond donors (Lipinski definition) is 1. The standard InChI is InChI=1S/C20H12Cl3F3N2O5S/c1-10-2-3-11(20(24,25)26)6-17(10)27-34(31,32)13-8-15(22)19(16(23)9-13)33-18-5-4-12(28(29)30)7-14(18)21/h2-9,27H,1H3. The molecule has 34 heavy (non-hydrogen) atoms. The first-order valence-electron chi connectivity index (χ1n) is 9.00. The number of rotatable bonds is 6. The summed E-state index contributed by atoms with van der Waals surface area (Å²) in [5.41, 5.74) is -1.34. The van der Waals surface area contributed by atoms with Gasteiger partial charge >= 0.3 is 6.18 Å². The number of alkyl halides is 3. The van der Waals surface area contributed by atoms with Gasteiger partial charge in [-0.1, -0.05) is 40.9 Å². The Morgan fingerprint density at radius 3 is 2.12 bits per heavy atom. The molecule has 0 atom stereocenters. The van der Waals surface area contributed by atoms with Crippen molar-refractivity contribution in [3.8, 4) is 11.5 Å². The number of non-ortho nitro benzene ring substituents is 1. The first kappa shape index (κ1) is 25.9. The van der Waals surface area contributed by atoms with Crippen LogP contribution in [-0.2, 0) is 16.2 Å². The van der Waals surface area contributed by atoms with Crippen LogP contribution in [0.25, 0.3) is 0 Å². The van der Waals surface area contributed by atoms with Crippen molar-refractivity contribution in [2.24, 2.45) is 0 Å². The number of benzene rings is 3. The molecule has 0 aromatic heterocycles. The van der Waals surface area contributed by atoms with Crippen LogP contribution >= 0.6 is 34.8 Å². The number of hydrogen-bond acceptors (Lipinski definition) is 5. The molecule has 0 aliphatic heterocycles. The second-order valence-electron chi connectivity index (χ2n) is 6.82. The van der Waals surface area contributed by atoms with E-state index in [0.717, 1.165) is 36.4 Å². The maximum atomic E-state index is 13.0. The number of anilines is 1. The summed E-state index contributed by atoms with van der Waals surface area (Å²) in [4.78, 5) is 9.73. The minimum Gasteiger partial charge on any atom is -0.453 e. The zero-order valence-electron chi connectivity index (χ0n) is 16.8. The fourth-order valence-corrected chi connectivity index (χ4v) is 4.78. The van der Waals surface area contributed by atoms with Gasteiger partial charge in [0.25, 0.3) is 15.7 Å². The third-order valence-corrected chi connectivity index (χ3v) is 6.63. The molecule has 3 aromatic carbocycles. The first-order chi connectivity index (χ1) is 15.7. The molecule has 0 fully saturated rings. The van der Waals surface area contributed by atoms with Crippen molar-refractivity contribution in [1.29, 1.82) is 0 Å². The molecule has 0 saturated carbocycles. The lowest BCUT2D eigenvalue weighted by atomic mass is 10.1. The molecule has 3 rings (SSSR count). The molecule has 0 bridgehead atoms. The highest BCUT2D eigenvalue weighted by Gasteiger charge is 2.31. The zero-order chi connectivity index (χ0) is 25.4. The van der Waals surface area contributed by atoms with Crippen LogP contribution < -0.4 is 9.46 Å². The SMILES string of the molecule is Cc1ccc(C(F)(F)F)cc1NS(=O)(=O)c1cc(Cl)c(Oc2ccc([N+](=O)[O-])cc2Cl)c(Cl)c1. The van der Waals surface area contributed by atoms with Crippen molar-refractivity contribution in [3.05, 3.63) is 84.8 Å². The van der Waals surface area contributed by atoms with Crippen LogP contribution in [-0.4, -0.2) is 13.3 Å². The van der Waals surface area contributed by atoms with Crippen molar-refractivity contribution in [1.82, 2.24) is 0 Å². The Bertz CT molecular complexity index is 1380. The Hall–Kier alpha value is -2.73. The first-order valence-corrected chi connectivity index (χ1v) is 11.6. The number of nitrogens with zero attached hydrogens (tertiary/aromatic N) is 1. The van der Waals surface area contributed by atoms with Crippen molar-refractivity contribution in [3.63, 3.8) is 0 Å². The molecular formula is C20H12Cl3F3N2O5S. The minimum absolute atomic E-state index is 0.0376. The molecule has 1 N–H and O–H groups in total. The molecule has 0 aliphatic carbocycles. The third kappa shape index (κ3) is 5.66. The second-order valence-corrected chi connectivity index (χ2v) is 9.73. The summed E-state index contributed by atoms with van der Waals surface area (Å²) in [5, 5.41) is 10.2. The van der Waals surface area contributed by atoms with E-state index in [9.17, 15) is 31.7 Å². The van der Waals surface area contributed by atoms with Gasteiger partial charge in [-0.3, -0.25) is 14.8 Å². The van der Waals surface area contributed by atoms with E-state index in [0.29, 0.717) is 6.07 Å². The van der Waals surface area contributed by atoms with Gasteiger partial charge in [-0.15, -0.1) is 0 Å². The fourth-order valence-electron chi connectivity index (χ4n) is 2.70. The summed E-state index contributed by atoms with van der Waals surface area (Å²) < 4.78 is 72.2. The minimum atomic E-state index is -4.67. The fraction of sp³-hybridized carbons (Fsp3) is 0.100. The van der Waals surface area contributed by atoms with Crippen LogP contribution in [0.3, 0.4) is 0 Å². The molecule has 0 unspecified atom stereocenters. The van der Waals surface area contributed by atoms with E-state index in [-0.39, 0.29) is 43.5 Å². The maximum absolute atomic E-state index is 13.0. The number of nitrogens with one attached hydrogen (secondary N) is 1. The summed E-state index contributed by atoms with van der Waals surface area (Å²) in [6, 6.07) is 7.96. The average Bonchev–Trinajstić information content (AvgIpc) is 2.72. The Morgan fingerprint density at radius 1 is 0.971 bits per heavy atom. The Morgan fingerprint density at radius 2 is 1.59 bits per heavy atom. The molecule has 7 nitrogen and oxygen atoms in total. The van der Waals surface area contributed by atoms with Crippen molar-refractivity contribution in [2.45, 2.75) is 18.0 Å². The van der Waals surface area contributed by atoms with Gasteiger partial charge in [0.1, 0.15) is 5.75 Å². The van der Waals surface area contributed by atoms with Crippen molar-refractivity contribution in [2.75, 3.05) is 4.72 Å². The number of nitro groups is 1. The van der Waals surface area contributed by atoms with Gasteiger partial charge in [-0.05, 0) is 42.8 Å². The molecule has 0 amide bonds. The molecule has 0 radical (unpaired) electrons. The second kappa shape index (κ2) is 9.49.